The van der Waals surface area contributed by atoms with E-state index in [1.54, 1.807) is 19.2 Å². The number of rotatable bonds is 9. The summed E-state index contributed by atoms with van der Waals surface area (Å²) in [5.41, 5.74) is 0.951. The third-order valence-electron chi connectivity index (χ3n) is 5.86. The maximum absolute atomic E-state index is 13.1. The first kappa shape index (κ1) is 23.0. The highest BCUT2D eigenvalue weighted by atomic mass is 32.1. The second-order valence-electron chi connectivity index (χ2n) is 8.01. The van der Waals surface area contributed by atoms with Gasteiger partial charge in [0.05, 0.1) is 19.8 Å². The zero-order chi connectivity index (χ0) is 22.4. The molecule has 4 rings (SSSR count). The number of methoxy groups -OCH3 is 1. The molecule has 2 fully saturated rings. The minimum atomic E-state index is -0.477. The summed E-state index contributed by atoms with van der Waals surface area (Å²) in [6.07, 6.45) is 2.36. The second-order valence-corrected chi connectivity index (χ2v) is 8.74. The summed E-state index contributed by atoms with van der Waals surface area (Å²) in [4.78, 5) is 21.4. The molecule has 1 amide bonds. The Morgan fingerprint density at radius 1 is 1.22 bits per heavy atom. The molecule has 2 aromatic rings. The van der Waals surface area contributed by atoms with E-state index >= 15 is 0 Å². The van der Waals surface area contributed by atoms with E-state index in [2.05, 4.69) is 9.36 Å². The van der Waals surface area contributed by atoms with Gasteiger partial charge in [0.25, 0.3) is 0 Å². The zero-order valence-electron chi connectivity index (χ0n) is 18.3. The first-order valence-corrected chi connectivity index (χ1v) is 11.7. The summed E-state index contributed by atoms with van der Waals surface area (Å²) in [5, 5.41) is 0.761. The summed E-state index contributed by atoms with van der Waals surface area (Å²) >= 11 is 1.31. The molecule has 1 spiro atoms. The maximum Gasteiger partial charge on any atom is 0.224 e. The van der Waals surface area contributed by atoms with Gasteiger partial charge in [-0.3, -0.25) is 4.79 Å². The van der Waals surface area contributed by atoms with Crippen molar-refractivity contribution in [1.29, 1.82) is 0 Å². The summed E-state index contributed by atoms with van der Waals surface area (Å²) in [5.74, 6) is 0.0669. The molecule has 32 heavy (non-hydrogen) atoms. The van der Waals surface area contributed by atoms with Gasteiger partial charge >= 0.3 is 0 Å². The molecule has 0 aliphatic carbocycles. The number of hydrogen-bond donors (Lipinski definition) is 0. The smallest absolute Gasteiger partial charge is 0.224 e. The van der Waals surface area contributed by atoms with Crippen LogP contribution in [0.5, 0.6) is 0 Å². The molecule has 2 saturated heterocycles. The molecule has 0 atom stereocenters. The number of benzene rings is 1. The number of ether oxygens (including phenoxy) is 3. The van der Waals surface area contributed by atoms with Crippen LogP contribution in [-0.4, -0.2) is 79.1 Å². The molecule has 0 bridgehead atoms. The highest BCUT2D eigenvalue weighted by Crippen LogP contribution is 2.31. The van der Waals surface area contributed by atoms with Crippen LogP contribution in [0.15, 0.2) is 24.3 Å². The lowest BCUT2D eigenvalue weighted by Crippen LogP contribution is -2.47. The molecule has 1 aromatic carbocycles. The van der Waals surface area contributed by atoms with Gasteiger partial charge in [0.1, 0.15) is 11.6 Å². The van der Waals surface area contributed by atoms with E-state index in [-0.39, 0.29) is 11.7 Å². The molecule has 2 aliphatic heterocycles. The SMILES string of the molecule is COCCN(CCC(=O)N1CCC2(CC1)OCCO2)c1nc(Cc2ccc(F)cc2)ns1. The third kappa shape index (κ3) is 5.80. The predicted molar refractivity (Wildman–Crippen MR) is 118 cm³/mol. The monoisotopic (exact) mass is 464 g/mol. The fraction of sp³-hybridized carbons (Fsp3) is 0.591. The third-order valence-corrected chi connectivity index (χ3v) is 6.67. The normalized spacial score (nSPS) is 17.8. The van der Waals surface area contributed by atoms with Crippen molar-refractivity contribution in [1.82, 2.24) is 14.3 Å². The molecule has 0 N–H and O–H groups in total. The van der Waals surface area contributed by atoms with E-state index in [1.165, 1.54) is 23.7 Å². The van der Waals surface area contributed by atoms with E-state index in [0.717, 1.165) is 23.5 Å². The van der Waals surface area contributed by atoms with Crippen LogP contribution in [-0.2, 0) is 25.4 Å². The Morgan fingerprint density at radius 3 is 2.62 bits per heavy atom. The Kier molecular flexibility index (Phi) is 7.67. The lowest BCUT2D eigenvalue weighted by atomic mass is 10.0. The number of piperidine rings is 1. The van der Waals surface area contributed by atoms with Gasteiger partial charge < -0.3 is 24.0 Å². The van der Waals surface area contributed by atoms with Gasteiger partial charge in [-0.1, -0.05) is 12.1 Å². The van der Waals surface area contributed by atoms with E-state index in [0.29, 0.717) is 64.7 Å². The van der Waals surface area contributed by atoms with Crippen LogP contribution in [0.3, 0.4) is 0 Å². The molecule has 0 unspecified atom stereocenters. The van der Waals surface area contributed by atoms with Crippen molar-refractivity contribution in [3.05, 3.63) is 41.5 Å². The van der Waals surface area contributed by atoms with Crippen LogP contribution in [0.1, 0.15) is 30.7 Å². The molecule has 10 heteroatoms. The van der Waals surface area contributed by atoms with E-state index < -0.39 is 5.79 Å². The van der Waals surface area contributed by atoms with Crippen LogP contribution in [0, 0.1) is 5.82 Å². The lowest BCUT2D eigenvalue weighted by molar-refractivity contribution is -0.187. The van der Waals surface area contributed by atoms with Gasteiger partial charge in [0.2, 0.25) is 11.0 Å². The number of anilines is 1. The van der Waals surface area contributed by atoms with Gasteiger partial charge in [-0.05, 0) is 17.7 Å². The van der Waals surface area contributed by atoms with Crippen molar-refractivity contribution in [3.8, 4) is 0 Å². The highest BCUT2D eigenvalue weighted by Gasteiger charge is 2.40. The first-order valence-electron chi connectivity index (χ1n) is 10.9. The van der Waals surface area contributed by atoms with Crippen molar-refractivity contribution in [2.24, 2.45) is 0 Å². The molecule has 2 aliphatic rings. The zero-order valence-corrected chi connectivity index (χ0v) is 19.1. The van der Waals surface area contributed by atoms with Crippen molar-refractivity contribution in [3.63, 3.8) is 0 Å². The largest absolute Gasteiger partial charge is 0.383 e. The first-order chi connectivity index (χ1) is 15.6. The summed E-state index contributed by atoms with van der Waals surface area (Å²) < 4.78 is 34.3. The lowest BCUT2D eigenvalue weighted by Gasteiger charge is -2.37. The number of nitrogens with zero attached hydrogens (tertiary/aromatic N) is 4. The number of carbonyl (C=O) groups is 1. The number of amides is 1. The molecular formula is C22H29FN4O4S. The summed E-state index contributed by atoms with van der Waals surface area (Å²) in [6, 6.07) is 6.35. The van der Waals surface area contributed by atoms with E-state index in [4.69, 9.17) is 14.2 Å². The molecule has 3 heterocycles. The van der Waals surface area contributed by atoms with Crippen LogP contribution in [0.25, 0.3) is 0 Å². The van der Waals surface area contributed by atoms with Crippen molar-refractivity contribution in [2.75, 3.05) is 58.0 Å². The molecule has 1 aromatic heterocycles. The maximum atomic E-state index is 13.1. The van der Waals surface area contributed by atoms with E-state index in [1.807, 2.05) is 9.80 Å². The minimum Gasteiger partial charge on any atom is -0.383 e. The Balaban J connectivity index is 1.31. The minimum absolute atomic E-state index is 0.122. The Labute approximate surface area is 191 Å². The standard InChI is InChI=1S/C22H29FN4O4S/c1-29-13-12-27(21-24-19(25-32-21)16-17-2-4-18(23)5-3-17)9-6-20(28)26-10-7-22(8-11-26)30-14-15-31-22/h2-5H,6-16H2,1H3. The fourth-order valence-electron chi connectivity index (χ4n) is 4.01. The van der Waals surface area contributed by atoms with Gasteiger partial charge in [0.15, 0.2) is 5.79 Å². The summed E-state index contributed by atoms with van der Waals surface area (Å²) in [6.45, 7) is 4.26. The Morgan fingerprint density at radius 2 is 1.94 bits per heavy atom. The van der Waals surface area contributed by atoms with Gasteiger partial charge in [-0.15, -0.1) is 0 Å². The van der Waals surface area contributed by atoms with Crippen molar-refractivity contribution < 1.29 is 23.4 Å². The van der Waals surface area contributed by atoms with Gasteiger partial charge in [0, 0.05) is 70.5 Å². The number of aromatic nitrogens is 2. The topological polar surface area (TPSA) is 77.0 Å². The highest BCUT2D eigenvalue weighted by molar-refractivity contribution is 7.09. The second kappa shape index (κ2) is 10.7. The molecule has 0 saturated carbocycles. The Bertz CT molecular complexity index is 878. The molecular weight excluding hydrogens is 435 g/mol. The van der Waals surface area contributed by atoms with E-state index in [9.17, 15) is 9.18 Å². The predicted octanol–water partition coefficient (Wildman–Crippen LogP) is 2.48. The van der Waals surface area contributed by atoms with Gasteiger partial charge in [-0.2, -0.15) is 4.37 Å². The average molecular weight is 465 g/mol. The Hall–Kier alpha value is -2.14. The van der Waals surface area contributed by atoms with Crippen LogP contribution in [0.4, 0.5) is 9.52 Å². The number of carbonyl (C=O) groups excluding carboxylic acids is 1. The average Bonchev–Trinajstić information content (AvgIpc) is 3.46. The van der Waals surface area contributed by atoms with Crippen LogP contribution in [0.2, 0.25) is 0 Å². The van der Waals surface area contributed by atoms with Crippen molar-refractivity contribution >= 4 is 22.6 Å². The fourth-order valence-corrected chi connectivity index (χ4v) is 4.74. The number of halogens is 1. The summed E-state index contributed by atoms with van der Waals surface area (Å²) in [7, 11) is 1.65. The molecule has 174 valence electrons. The van der Waals surface area contributed by atoms with Crippen molar-refractivity contribution in [2.45, 2.75) is 31.5 Å². The number of hydrogen-bond acceptors (Lipinski definition) is 8. The number of likely N-dealkylation sites (tertiary alicyclic amines) is 1. The molecule has 0 radical (unpaired) electrons. The molecule has 8 nitrogen and oxygen atoms in total. The van der Waals surface area contributed by atoms with Crippen LogP contribution >= 0.6 is 11.5 Å². The quantitative estimate of drug-likeness (QED) is 0.564. The van der Waals surface area contributed by atoms with Crippen LogP contribution < -0.4 is 4.90 Å². The van der Waals surface area contributed by atoms with Gasteiger partial charge in [-0.25, -0.2) is 9.37 Å².